The number of likely N-dealkylation sites (tertiary alicyclic amines) is 1. The molecule has 7 nitrogen and oxygen atoms in total. The molecule has 5 rings (SSSR count). The SMILES string of the molecule is O=C(NC1CCN(CC(=O)N2N=C(c3ccc(Cl)cc3)CC2c2ccco2)CC1)C1CCCCC1. The van der Waals surface area contributed by atoms with E-state index in [1.807, 2.05) is 36.4 Å². The standard InChI is InChI=1S/C27H33ClN4O3/c28-21-10-8-19(9-11-21)23-17-24(25-7-4-16-35-25)32(30-23)26(33)18-31-14-12-22(13-15-31)29-27(34)20-5-2-1-3-6-20/h4,7-11,16,20,22,24H,1-3,5-6,12-15,17-18H2,(H,29,34). The Morgan fingerprint density at radius 2 is 1.77 bits per heavy atom. The molecule has 8 heteroatoms. The number of hydrogen-bond donors (Lipinski definition) is 1. The second-order valence-corrected chi connectivity index (χ2v) is 10.4. The Kier molecular flexibility index (Phi) is 7.54. The second-order valence-electron chi connectivity index (χ2n) is 9.92. The first kappa shape index (κ1) is 24.1. The molecule has 0 radical (unpaired) electrons. The largest absolute Gasteiger partial charge is 0.467 e. The molecule has 1 saturated carbocycles. The third kappa shape index (κ3) is 5.78. The first-order valence-corrected chi connectivity index (χ1v) is 13.2. The van der Waals surface area contributed by atoms with Crippen LogP contribution in [0.15, 0.2) is 52.2 Å². The highest BCUT2D eigenvalue weighted by atomic mass is 35.5. The summed E-state index contributed by atoms with van der Waals surface area (Å²) in [6.45, 7) is 1.88. The molecule has 2 aromatic rings. The zero-order valence-corrected chi connectivity index (χ0v) is 20.8. The molecule has 1 atom stereocenters. The fraction of sp³-hybridized carbons (Fsp3) is 0.519. The number of rotatable bonds is 6. The average Bonchev–Trinajstić information content (AvgIpc) is 3.57. The third-order valence-electron chi connectivity index (χ3n) is 7.48. The quantitative estimate of drug-likeness (QED) is 0.624. The zero-order valence-electron chi connectivity index (χ0n) is 20.0. The molecule has 1 unspecified atom stereocenters. The lowest BCUT2D eigenvalue weighted by atomic mass is 9.88. The molecule has 3 aliphatic rings. The van der Waals surface area contributed by atoms with Crippen molar-refractivity contribution in [3.63, 3.8) is 0 Å². The first-order valence-electron chi connectivity index (χ1n) is 12.8. The lowest BCUT2D eigenvalue weighted by molar-refractivity contribution is -0.135. The number of amides is 2. The maximum Gasteiger partial charge on any atom is 0.257 e. The summed E-state index contributed by atoms with van der Waals surface area (Å²) in [6.07, 6.45) is 9.57. The van der Waals surface area contributed by atoms with E-state index >= 15 is 0 Å². The topological polar surface area (TPSA) is 78.2 Å². The van der Waals surface area contributed by atoms with Gasteiger partial charge < -0.3 is 9.73 Å². The molecular weight excluding hydrogens is 464 g/mol. The van der Waals surface area contributed by atoms with Crippen LogP contribution in [0, 0.1) is 5.92 Å². The van der Waals surface area contributed by atoms with Crippen LogP contribution >= 0.6 is 11.6 Å². The van der Waals surface area contributed by atoms with E-state index in [4.69, 9.17) is 21.1 Å². The Morgan fingerprint density at radius 3 is 2.46 bits per heavy atom. The van der Waals surface area contributed by atoms with E-state index < -0.39 is 0 Å². The van der Waals surface area contributed by atoms with Crippen molar-refractivity contribution >= 4 is 29.1 Å². The van der Waals surface area contributed by atoms with Crippen molar-refractivity contribution < 1.29 is 14.0 Å². The minimum absolute atomic E-state index is 0.0416. The van der Waals surface area contributed by atoms with Gasteiger partial charge in [-0.2, -0.15) is 5.10 Å². The van der Waals surface area contributed by atoms with Gasteiger partial charge in [0.05, 0.1) is 18.5 Å². The molecule has 1 saturated heterocycles. The lowest BCUT2D eigenvalue weighted by Gasteiger charge is -2.34. The van der Waals surface area contributed by atoms with Gasteiger partial charge in [-0.3, -0.25) is 14.5 Å². The molecule has 1 N–H and O–H groups in total. The number of hydrazone groups is 1. The summed E-state index contributed by atoms with van der Waals surface area (Å²) in [5, 5.41) is 10.2. The van der Waals surface area contributed by atoms with Gasteiger partial charge >= 0.3 is 0 Å². The van der Waals surface area contributed by atoms with Crippen molar-refractivity contribution in [2.45, 2.75) is 63.5 Å². The lowest BCUT2D eigenvalue weighted by Crippen LogP contribution is -2.48. The maximum atomic E-state index is 13.4. The van der Waals surface area contributed by atoms with Crippen LogP contribution in [-0.4, -0.2) is 53.1 Å². The van der Waals surface area contributed by atoms with Crippen LogP contribution in [0.25, 0.3) is 0 Å². The molecular formula is C27H33ClN4O3. The number of furan rings is 1. The van der Waals surface area contributed by atoms with Crippen LogP contribution in [-0.2, 0) is 9.59 Å². The monoisotopic (exact) mass is 496 g/mol. The molecule has 2 aliphatic heterocycles. The van der Waals surface area contributed by atoms with Gasteiger partial charge in [0.15, 0.2) is 0 Å². The summed E-state index contributed by atoms with van der Waals surface area (Å²) >= 11 is 6.05. The van der Waals surface area contributed by atoms with Gasteiger partial charge in [0.2, 0.25) is 5.91 Å². The number of carbonyl (C=O) groups is 2. The summed E-state index contributed by atoms with van der Waals surface area (Å²) in [5.41, 5.74) is 1.80. The van der Waals surface area contributed by atoms with Crippen molar-refractivity contribution in [1.82, 2.24) is 15.2 Å². The highest BCUT2D eigenvalue weighted by Gasteiger charge is 2.36. The molecule has 3 heterocycles. The molecule has 0 spiro atoms. The number of nitrogens with one attached hydrogen (secondary N) is 1. The Balaban J connectivity index is 1.18. The number of benzene rings is 1. The maximum absolute atomic E-state index is 13.4. The van der Waals surface area contributed by atoms with E-state index in [0.29, 0.717) is 18.0 Å². The van der Waals surface area contributed by atoms with Crippen LogP contribution in [0.5, 0.6) is 0 Å². The highest BCUT2D eigenvalue weighted by molar-refractivity contribution is 6.30. The fourth-order valence-corrected chi connectivity index (χ4v) is 5.57. The average molecular weight is 497 g/mol. The minimum atomic E-state index is -0.254. The van der Waals surface area contributed by atoms with Gasteiger partial charge in [-0.05, 0) is 55.5 Å². The van der Waals surface area contributed by atoms with Crippen LogP contribution in [0.1, 0.15) is 68.7 Å². The normalized spacial score (nSPS) is 22.3. The molecule has 1 aromatic carbocycles. The van der Waals surface area contributed by atoms with Gasteiger partial charge in [0.25, 0.3) is 5.91 Å². The number of nitrogens with zero attached hydrogens (tertiary/aromatic N) is 3. The minimum Gasteiger partial charge on any atom is -0.467 e. The van der Waals surface area contributed by atoms with E-state index in [9.17, 15) is 9.59 Å². The van der Waals surface area contributed by atoms with Gasteiger partial charge in [0.1, 0.15) is 11.8 Å². The molecule has 35 heavy (non-hydrogen) atoms. The number of halogens is 1. The highest BCUT2D eigenvalue weighted by Crippen LogP contribution is 2.33. The third-order valence-corrected chi connectivity index (χ3v) is 7.74. The number of piperidine rings is 1. The van der Waals surface area contributed by atoms with E-state index in [2.05, 4.69) is 10.2 Å². The Hall–Kier alpha value is -2.64. The zero-order chi connectivity index (χ0) is 24.2. The van der Waals surface area contributed by atoms with Crippen LogP contribution < -0.4 is 5.32 Å². The molecule has 2 amide bonds. The number of hydrogen-bond acceptors (Lipinski definition) is 5. The van der Waals surface area contributed by atoms with Crippen molar-refractivity contribution in [2.24, 2.45) is 11.0 Å². The molecule has 0 bridgehead atoms. The van der Waals surface area contributed by atoms with Crippen molar-refractivity contribution in [2.75, 3.05) is 19.6 Å². The van der Waals surface area contributed by atoms with Gasteiger partial charge in [-0.1, -0.05) is 43.0 Å². The predicted molar refractivity (Wildman–Crippen MR) is 135 cm³/mol. The van der Waals surface area contributed by atoms with Gasteiger partial charge in [-0.15, -0.1) is 0 Å². The number of carbonyl (C=O) groups excluding carboxylic acids is 2. The molecule has 1 aliphatic carbocycles. The molecule has 2 fully saturated rings. The van der Waals surface area contributed by atoms with E-state index in [1.165, 1.54) is 6.42 Å². The Morgan fingerprint density at radius 1 is 1.03 bits per heavy atom. The van der Waals surface area contributed by atoms with Crippen molar-refractivity contribution in [3.8, 4) is 0 Å². The summed E-state index contributed by atoms with van der Waals surface area (Å²) in [5.74, 6) is 1.10. The van der Waals surface area contributed by atoms with Crippen LogP contribution in [0.3, 0.4) is 0 Å². The Labute approximate surface area is 211 Å². The van der Waals surface area contributed by atoms with E-state index in [1.54, 1.807) is 11.3 Å². The first-order chi connectivity index (χ1) is 17.1. The van der Waals surface area contributed by atoms with E-state index in [0.717, 1.165) is 68.6 Å². The smallest absolute Gasteiger partial charge is 0.257 e. The molecule has 1 aromatic heterocycles. The predicted octanol–water partition coefficient (Wildman–Crippen LogP) is 4.77. The fourth-order valence-electron chi connectivity index (χ4n) is 5.44. The summed E-state index contributed by atoms with van der Waals surface area (Å²) in [6, 6.07) is 11.2. The van der Waals surface area contributed by atoms with Crippen LogP contribution in [0.4, 0.5) is 0 Å². The Bertz CT molecular complexity index is 1040. The van der Waals surface area contributed by atoms with E-state index in [-0.39, 0.29) is 29.8 Å². The summed E-state index contributed by atoms with van der Waals surface area (Å²) in [4.78, 5) is 28.1. The van der Waals surface area contributed by atoms with Gasteiger partial charge in [0, 0.05) is 36.5 Å². The van der Waals surface area contributed by atoms with Crippen molar-refractivity contribution in [1.29, 1.82) is 0 Å². The van der Waals surface area contributed by atoms with Crippen molar-refractivity contribution in [3.05, 3.63) is 59.0 Å². The second kappa shape index (κ2) is 11.0. The molecule has 186 valence electrons. The van der Waals surface area contributed by atoms with Gasteiger partial charge in [-0.25, -0.2) is 5.01 Å². The summed E-state index contributed by atoms with van der Waals surface area (Å²) < 4.78 is 5.65. The van der Waals surface area contributed by atoms with Crippen LogP contribution in [0.2, 0.25) is 5.02 Å². The summed E-state index contributed by atoms with van der Waals surface area (Å²) in [7, 11) is 0.